The Morgan fingerprint density at radius 2 is 1.28 bits per heavy atom. The van der Waals surface area contributed by atoms with Crippen molar-refractivity contribution in [2.75, 3.05) is 5.32 Å². The van der Waals surface area contributed by atoms with Gasteiger partial charge in [-0.15, -0.1) is 12.4 Å². The topological polar surface area (TPSA) is 12.0 Å². The Bertz CT molecular complexity index is 355. The first-order valence-electron chi connectivity index (χ1n) is 4.57. The van der Waals surface area contributed by atoms with Gasteiger partial charge in [0.25, 0.3) is 0 Å². The first-order chi connectivity index (χ1) is 7.60. The van der Waals surface area contributed by atoms with Gasteiger partial charge in [0.15, 0.2) is 0 Å². The van der Waals surface area contributed by atoms with Crippen molar-refractivity contribution in [1.29, 1.82) is 0 Å². The van der Waals surface area contributed by atoms with Crippen LogP contribution in [0.4, 0.5) is 32.0 Å². The molecule has 1 nitrogen and oxygen atoms in total. The molecule has 0 amide bonds. The first-order valence-corrected chi connectivity index (χ1v) is 4.57. The number of hydrogen-bond donors (Lipinski definition) is 1. The van der Waals surface area contributed by atoms with E-state index in [0.29, 0.717) is 0 Å². The molecule has 104 valence electrons. The maximum Gasteiger partial charge on any atom is 0.417 e. The van der Waals surface area contributed by atoms with Crippen LogP contribution in [0.3, 0.4) is 0 Å². The third-order valence-corrected chi connectivity index (χ3v) is 2.02. The lowest BCUT2D eigenvalue weighted by molar-refractivity contribution is -0.242. The van der Waals surface area contributed by atoms with Crippen LogP contribution in [0.5, 0.6) is 0 Å². The molecule has 0 saturated heterocycles. The molecule has 1 aromatic rings. The Hall–Kier alpha value is -1.11. The van der Waals surface area contributed by atoms with Crippen molar-refractivity contribution in [2.24, 2.45) is 0 Å². The third-order valence-electron chi connectivity index (χ3n) is 2.02. The molecule has 0 radical (unpaired) electrons. The second kappa shape index (κ2) is 5.69. The smallest absolute Gasteiger partial charge is 0.367 e. The SMILES string of the molecule is Cc1ccc(NC(C(F)(F)F)C(F)(F)F)cc1.Cl. The standard InChI is InChI=1S/C10H9F6N.ClH/c1-6-2-4-7(5-3-6)17-8(9(11,12)13)10(14,15)16;/h2-5,8,17H,1H3;1H. The number of hydrogen-bond acceptors (Lipinski definition) is 1. The van der Waals surface area contributed by atoms with Gasteiger partial charge >= 0.3 is 12.4 Å². The van der Waals surface area contributed by atoms with Gasteiger partial charge in [0.2, 0.25) is 6.04 Å². The van der Waals surface area contributed by atoms with Crippen molar-refractivity contribution >= 4 is 18.1 Å². The van der Waals surface area contributed by atoms with E-state index in [1.165, 1.54) is 29.6 Å². The third kappa shape index (κ3) is 4.64. The summed E-state index contributed by atoms with van der Waals surface area (Å²) in [5.74, 6) is 0. The minimum Gasteiger partial charge on any atom is -0.367 e. The van der Waals surface area contributed by atoms with Gasteiger partial charge in [-0.1, -0.05) is 17.7 Å². The molecule has 0 aromatic heterocycles. The van der Waals surface area contributed by atoms with E-state index in [2.05, 4.69) is 0 Å². The van der Waals surface area contributed by atoms with Gasteiger partial charge in [-0.3, -0.25) is 0 Å². The number of rotatable bonds is 2. The lowest BCUT2D eigenvalue weighted by Crippen LogP contribution is -2.47. The van der Waals surface area contributed by atoms with Crippen LogP contribution >= 0.6 is 12.4 Å². The van der Waals surface area contributed by atoms with Crippen LogP contribution in [0.25, 0.3) is 0 Å². The summed E-state index contributed by atoms with van der Waals surface area (Å²) in [5, 5.41) is 1.44. The Balaban J connectivity index is 0.00000289. The van der Waals surface area contributed by atoms with E-state index in [1.54, 1.807) is 6.92 Å². The lowest BCUT2D eigenvalue weighted by Gasteiger charge is -2.24. The summed E-state index contributed by atoms with van der Waals surface area (Å²) >= 11 is 0. The average Bonchev–Trinajstić information content (AvgIpc) is 2.13. The highest BCUT2D eigenvalue weighted by Crippen LogP contribution is 2.35. The summed E-state index contributed by atoms with van der Waals surface area (Å²) in [6, 6.07) is 1.62. The fourth-order valence-corrected chi connectivity index (χ4v) is 1.17. The summed E-state index contributed by atoms with van der Waals surface area (Å²) in [7, 11) is 0. The van der Waals surface area contributed by atoms with E-state index in [4.69, 9.17) is 0 Å². The molecule has 0 heterocycles. The monoisotopic (exact) mass is 293 g/mol. The number of halogens is 7. The van der Waals surface area contributed by atoms with Crippen LogP contribution in [0, 0.1) is 6.92 Å². The molecule has 0 aliphatic carbocycles. The quantitative estimate of drug-likeness (QED) is 0.801. The van der Waals surface area contributed by atoms with Crippen molar-refractivity contribution in [1.82, 2.24) is 0 Å². The molecule has 0 bridgehead atoms. The molecule has 0 atom stereocenters. The summed E-state index contributed by atoms with van der Waals surface area (Å²) in [6.45, 7) is 1.68. The van der Waals surface area contributed by atoms with Gasteiger partial charge in [0, 0.05) is 5.69 Å². The van der Waals surface area contributed by atoms with Gasteiger partial charge in [0.05, 0.1) is 0 Å². The van der Waals surface area contributed by atoms with Crippen LogP contribution < -0.4 is 5.32 Å². The molecule has 1 rings (SSSR count). The molecule has 1 N–H and O–H groups in total. The highest BCUT2D eigenvalue weighted by Gasteiger charge is 2.56. The Labute approximate surface area is 106 Å². The number of aryl methyl sites for hydroxylation is 1. The zero-order valence-corrected chi connectivity index (χ0v) is 9.88. The number of benzene rings is 1. The Kier molecular flexibility index (Phi) is 5.34. The largest absolute Gasteiger partial charge is 0.417 e. The minimum absolute atomic E-state index is 0. The molecule has 0 unspecified atom stereocenters. The fraction of sp³-hybridized carbons (Fsp3) is 0.400. The van der Waals surface area contributed by atoms with E-state index in [9.17, 15) is 26.3 Å². The zero-order valence-electron chi connectivity index (χ0n) is 9.06. The molecule has 18 heavy (non-hydrogen) atoms. The lowest BCUT2D eigenvalue weighted by atomic mass is 10.2. The maximum atomic E-state index is 12.2. The van der Waals surface area contributed by atoms with Gasteiger partial charge in [-0.25, -0.2) is 0 Å². The van der Waals surface area contributed by atoms with Crippen molar-refractivity contribution in [3.05, 3.63) is 29.8 Å². The minimum atomic E-state index is -5.39. The van der Waals surface area contributed by atoms with Gasteiger partial charge in [-0.2, -0.15) is 26.3 Å². The maximum absolute atomic E-state index is 12.2. The molecule has 1 aromatic carbocycles. The van der Waals surface area contributed by atoms with Crippen molar-refractivity contribution in [2.45, 2.75) is 25.3 Å². The summed E-state index contributed by atoms with van der Waals surface area (Å²) in [6.07, 6.45) is -10.8. The molecular weight excluding hydrogens is 284 g/mol. The van der Waals surface area contributed by atoms with E-state index < -0.39 is 18.4 Å². The van der Waals surface area contributed by atoms with Crippen molar-refractivity contribution in [3.8, 4) is 0 Å². The molecular formula is C10H10ClF6N. The summed E-state index contributed by atoms with van der Waals surface area (Å²) in [5.41, 5.74) is 0.515. The summed E-state index contributed by atoms with van der Waals surface area (Å²) in [4.78, 5) is 0. The van der Waals surface area contributed by atoms with Gasteiger partial charge < -0.3 is 5.32 Å². The first kappa shape index (κ1) is 16.9. The molecule has 8 heteroatoms. The van der Waals surface area contributed by atoms with Crippen LogP contribution in [0.2, 0.25) is 0 Å². The van der Waals surface area contributed by atoms with Gasteiger partial charge in [0.1, 0.15) is 0 Å². The molecule has 0 spiro atoms. The predicted molar refractivity (Wildman–Crippen MR) is 57.9 cm³/mol. The Morgan fingerprint density at radius 1 is 0.889 bits per heavy atom. The molecule has 0 fully saturated rings. The van der Waals surface area contributed by atoms with E-state index in [1.807, 2.05) is 0 Å². The van der Waals surface area contributed by atoms with Gasteiger partial charge in [-0.05, 0) is 19.1 Å². The van der Waals surface area contributed by atoms with Crippen LogP contribution in [-0.2, 0) is 0 Å². The molecule has 0 saturated carbocycles. The fourth-order valence-electron chi connectivity index (χ4n) is 1.17. The highest BCUT2D eigenvalue weighted by atomic mass is 35.5. The average molecular weight is 294 g/mol. The van der Waals surface area contributed by atoms with Crippen molar-refractivity contribution < 1.29 is 26.3 Å². The van der Waals surface area contributed by atoms with Crippen LogP contribution in [0.15, 0.2) is 24.3 Å². The number of alkyl halides is 6. The van der Waals surface area contributed by atoms with E-state index in [0.717, 1.165) is 5.56 Å². The second-order valence-electron chi connectivity index (χ2n) is 3.53. The molecule has 0 aliphatic heterocycles. The molecule has 0 aliphatic rings. The summed E-state index contributed by atoms with van der Waals surface area (Å²) < 4.78 is 73.2. The second-order valence-corrected chi connectivity index (χ2v) is 3.53. The van der Waals surface area contributed by atoms with E-state index >= 15 is 0 Å². The van der Waals surface area contributed by atoms with Crippen LogP contribution in [0.1, 0.15) is 5.56 Å². The van der Waals surface area contributed by atoms with Crippen LogP contribution in [-0.4, -0.2) is 18.4 Å². The zero-order chi connectivity index (χ0) is 13.3. The van der Waals surface area contributed by atoms with Crippen molar-refractivity contribution in [3.63, 3.8) is 0 Å². The Morgan fingerprint density at radius 3 is 1.61 bits per heavy atom. The van der Waals surface area contributed by atoms with E-state index in [-0.39, 0.29) is 18.1 Å². The highest BCUT2D eigenvalue weighted by molar-refractivity contribution is 5.85. The number of nitrogens with one attached hydrogen (secondary N) is 1. The number of anilines is 1. The predicted octanol–water partition coefficient (Wildman–Crippen LogP) is 4.32. The normalized spacial score (nSPS) is 12.2.